The van der Waals surface area contributed by atoms with E-state index in [0.717, 1.165) is 6.20 Å². The zero-order valence-corrected chi connectivity index (χ0v) is 7.87. The first kappa shape index (κ1) is 11.3. The molecule has 0 unspecified atom stereocenters. The van der Waals surface area contributed by atoms with E-state index in [4.69, 9.17) is 16.7 Å². The monoisotopic (exact) mass is 212 g/mol. The summed E-state index contributed by atoms with van der Waals surface area (Å²) in [4.78, 5) is 3.76. The Kier molecular flexibility index (Phi) is 3.52. The van der Waals surface area contributed by atoms with Gasteiger partial charge in [-0.25, -0.2) is 8.78 Å². The number of nitrogen functional groups attached to an aromatic ring is 1. The van der Waals surface area contributed by atoms with Gasteiger partial charge in [0, 0.05) is 24.0 Å². The minimum absolute atomic E-state index is 0.00356. The maximum atomic E-state index is 12.4. The number of nitrogens with two attached hydrogens (primary N) is 2. The van der Waals surface area contributed by atoms with E-state index in [9.17, 15) is 8.78 Å². The molecule has 0 aliphatic carbocycles. The largest absolute Gasteiger partial charge is 0.398 e. The highest BCUT2D eigenvalue weighted by molar-refractivity contribution is 5.55. The topological polar surface area (TPSA) is 88.7 Å². The van der Waals surface area contributed by atoms with Crippen LogP contribution in [0.4, 0.5) is 14.5 Å². The summed E-state index contributed by atoms with van der Waals surface area (Å²) in [5, 5.41) is 8.49. The SMILES string of the molecule is N#CCc1ncc(C(F)F)c(N)c1CN. The second-order valence-corrected chi connectivity index (χ2v) is 2.89. The summed E-state index contributed by atoms with van der Waals surface area (Å²) in [6.07, 6.45) is -1.68. The van der Waals surface area contributed by atoms with Gasteiger partial charge < -0.3 is 11.5 Å². The van der Waals surface area contributed by atoms with Crippen molar-refractivity contribution < 1.29 is 8.78 Å². The fourth-order valence-electron chi connectivity index (χ4n) is 1.25. The van der Waals surface area contributed by atoms with Crippen LogP contribution in [0.15, 0.2) is 6.20 Å². The summed E-state index contributed by atoms with van der Waals surface area (Å²) in [6, 6.07) is 1.87. The van der Waals surface area contributed by atoms with Crippen molar-refractivity contribution in [2.24, 2.45) is 5.73 Å². The Bertz CT molecular complexity index is 398. The molecule has 0 spiro atoms. The Hall–Kier alpha value is -1.74. The van der Waals surface area contributed by atoms with Gasteiger partial charge in [-0.2, -0.15) is 5.26 Å². The Morgan fingerprint density at radius 3 is 2.67 bits per heavy atom. The predicted octanol–water partition coefficient (Wildman–Crippen LogP) is 1.13. The van der Waals surface area contributed by atoms with Crippen molar-refractivity contribution in [3.63, 3.8) is 0 Å². The minimum Gasteiger partial charge on any atom is -0.398 e. The quantitative estimate of drug-likeness (QED) is 0.785. The van der Waals surface area contributed by atoms with Crippen LogP contribution in [0.3, 0.4) is 0 Å². The van der Waals surface area contributed by atoms with E-state index in [1.807, 2.05) is 6.07 Å². The molecule has 0 atom stereocenters. The highest BCUT2D eigenvalue weighted by atomic mass is 19.3. The second kappa shape index (κ2) is 4.66. The summed E-state index contributed by atoms with van der Waals surface area (Å²) in [5.41, 5.74) is 11.2. The maximum absolute atomic E-state index is 12.4. The molecule has 0 aliphatic heterocycles. The van der Waals surface area contributed by atoms with Gasteiger partial charge in [-0.3, -0.25) is 4.98 Å². The second-order valence-electron chi connectivity index (χ2n) is 2.89. The molecule has 15 heavy (non-hydrogen) atoms. The molecule has 0 bridgehead atoms. The average Bonchev–Trinajstić information content (AvgIpc) is 2.18. The molecule has 6 heteroatoms. The molecule has 0 saturated carbocycles. The number of hydrogen-bond donors (Lipinski definition) is 2. The summed E-state index contributed by atoms with van der Waals surface area (Å²) < 4.78 is 24.9. The molecule has 1 heterocycles. The minimum atomic E-state index is -2.68. The number of nitriles is 1. The maximum Gasteiger partial charge on any atom is 0.267 e. The van der Waals surface area contributed by atoms with Gasteiger partial charge in [-0.1, -0.05) is 0 Å². The van der Waals surface area contributed by atoms with Crippen molar-refractivity contribution in [2.75, 3.05) is 5.73 Å². The molecule has 80 valence electrons. The summed E-state index contributed by atoms with van der Waals surface area (Å²) in [7, 11) is 0. The lowest BCUT2D eigenvalue weighted by Gasteiger charge is -2.11. The lowest BCUT2D eigenvalue weighted by Crippen LogP contribution is -2.10. The van der Waals surface area contributed by atoms with Gasteiger partial charge >= 0.3 is 0 Å². The Labute approximate surface area is 85.5 Å². The molecular formula is C9H10F2N4. The first-order chi connectivity index (χ1) is 7.11. The number of anilines is 1. The van der Waals surface area contributed by atoms with E-state index in [-0.39, 0.29) is 24.2 Å². The van der Waals surface area contributed by atoms with Crippen LogP contribution in [0.25, 0.3) is 0 Å². The normalized spacial score (nSPS) is 10.3. The van der Waals surface area contributed by atoms with Crippen molar-refractivity contribution in [2.45, 2.75) is 19.4 Å². The van der Waals surface area contributed by atoms with Gasteiger partial charge in [0.1, 0.15) is 0 Å². The van der Waals surface area contributed by atoms with E-state index >= 15 is 0 Å². The van der Waals surface area contributed by atoms with Crippen LogP contribution in [0, 0.1) is 11.3 Å². The van der Waals surface area contributed by atoms with E-state index in [0.29, 0.717) is 11.3 Å². The molecule has 0 fully saturated rings. The molecule has 0 radical (unpaired) electrons. The van der Waals surface area contributed by atoms with E-state index < -0.39 is 6.43 Å². The first-order valence-corrected chi connectivity index (χ1v) is 4.23. The van der Waals surface area contributed by atoms with Crippen molar-refractivity contribution >= 4 is 5.69 Å². The zero-order chi connectivity index (χ0) is 11.4. The number of alkyl halides is 2. The van der Waals surface area contributed by atoms with Gasteiger partial charge in [0.05, 0.1) is 23.7 Å². The predicted molar refractivity (Wildman–Crippen MR) is 50.8 cm³/mol. The van der Waals surface area contributed by atoms with Gasteiger partial charge in [-0.15, -0.1) is 0 Å². The molecule has 0 aromatic carbocycles. The third-order valence-corrected chi connectivity index (χ3v) is 2.03. The first-order valence-electron chi connectivity index (χ1n) is 4.23. The van der Waals surface area contributed by atoms with Crippen LogP contribution in [0.1, 0.15) is 23.2 Å². The molecule has 0 saturated heterocycles. The number of rotatable bonds is 3. The van der Waals surface area contributed by atoms with Gasteiger partial charge in [0.15, 0.2) is 0 Å². The van der Waals surface area contributed by atoms with Crippen molar-refractivity contribution in [1.82, 2.24) is 4.98 Å². The number of halogens is 2. The lowest BCUT2D eigenvalue weighted by atomic mass is 10.1. The molecule has 1 aromatic rings. The molecule has 4 nitrogen and oxygen atoms in total. The van der Waals surface area contributed by atoms with Crippen LogP contribution >= 0.6 is 0 Å². The molecule has 0 amide bonds. The smallest absolute Gasteiger partial charge is 0.267 e. The van der Waals surface area contributed by atoms with Gasteiger partial charge in [0.25, 0.3) is 6.43 Å². The summed E-state index contributed by atoms with van der Waals surface area (Å²) in [5.74, 6) is 0. The van der Waals surface area contributed by atoms with E-state index in [1.54, 1.807) is 0 Å². The lowest BCUT2D eigenvalue weighted by molar-refractivity contribution is 0.151. The molecule has 4 N–H and O–H groups in total. The Balaban J connectivity index is 3.27. The van der Waals surface area contributed by atoms with Crippen LogP contribution in [-0.2, 0) is 13.0 Å². The van der Waals surface area contributed by atoms with Crippen molar-refractivity contribution in [1.29, 1.82) is 5.26 Å². The third-order valence-electron chi connectivity index (χ3n) is 2.03. The van der Waals surface area contributed by atoms with Gasteiger partial charge in [-0.05, 0) is 0 Å². The molecular weight excluding hydrogens is 202 g/mol. The van der Waals surface area contributed by atoms with Crippen molar-refractivity contribution in [3.8, 4) is 6.07 Å². The summed E-state index contributed by atoms with van der Waals surface area (Å²) >= 11 is 0. The van der Waals surface area contributed by atoms with Gasteiger partial charge in [0.2, 0.25) is 0 Å². The highest BCUT2D eigenvalue weighted by Crippen LogP contribution is 2.28. The molecule has 1 rings (SSSR count). The van der Waals surface area contributed by atoms with Crippen LogP contribution < -0.4 is 11.5 Å². The zero-order valence-electron chi connectivity index (χ0n) is 7.87. The number of pyridine rings is 1. The third kappa shape index (κ3) is 2.19. The van der Waals surface area contributed by atoms with E-state index in [1.165, 1.54) is 0 Å². The number of nitrogens with zero attached hydrogens (tertiary/aromatic N) is 2. The highest BCUT2D eigenvalue weighted by Gasteiger charge is 2.17. The Morgan fingerprint density at radius 2 is 2.20 bits per heavy atom. The molecule has 0 aliphatic rings. The summed E-state index contributed by atoms with van der Waals surface area (Å²) in [6.45, 7) is -0.00356. The fourth-order valence-corrected chi connectivity index (χ4v) is 1.25. The van der Waals surface area contributed by atoms with Crippen molar-refractivity contribution in [3.05, 3.63) is 23.0 Å². The Morgan fingerprint density at radius 1 is 1.53 bits per heavy atom. The number of aromatic nitrogens is 1. The fraction of sp³-hybridized carbons (Fsp3) is 0.333. The van der Waals surface area contributed by atoms with E-state index in [2.05, 4.69) is 4.98 Å². The average molecular weight is 212 g/mol. The number of hydrogen-bond acceptors (Lipinski definition) is 4. The standard InChI is InChI=1S/C9H10F2N4/c10-9(11)6-4-15-7(1-2-12)5(3-13)8(6)14/h4,9H,1,3,13H2,(H2,14,15). The van der Waals surface area contributed by atoms with Crippen LogP contribution in [0.5, 0.6) is 0 Å². The van der Waals surface area contributed by atoms with Crippen LogP contribution in [0.2, 0.25) is 0 Å². The molecule has 1 aromatic heterocycles. The van der Waals surface area contributed by atoms with Crippen LogP contribution in [-0.4, -0.2) is 4.98 Å².